The lowest BCUT2D eigenvalue weighted by Crippen LogP contribution is -2.23. The number of para-hydroxylation sites is 2. The van der Waals surface area contributed by atoms with Crippen molar-refractivity contribution in [1.29, 1.82) is 0 Å². The smallest absolute Gasteiger partial charge is 0.266 e. The van der Waals surface area contributed by atoms with Gasteiger partial charge >= 0.3 is 0 Å². The number of nitrogens with zero attached hydrogens (tertiary/aromatic N) is 2. The molecule has 0 bridgehead atoms. The van der Waals surface area contributed by atoms with Crippen molar-refractivity contribution in [2.24, 2.45) is 0 Å². The molecular weight excluding hydrogens is 465 g/mol. The monoisotopic (exact) mass is 481 g/mol. The van der Waals surface area contributed by atoms with Crippen molar-refractivity contribution in [2.75, 3.05) is 11.1 Å². The minimum atomic E-state index is -0.611. The van der Waals surface area contributed by atoms with Crippen LogP contribution in [-0.4, -0.2) is 27.0 Å². The minimum Gasteiger partial charge on any atom is -0.325 e. The second-order valence-corrected chi connectivity index (χ2v) is 8.44. The fourth-order valence-electron chi connectivity index (χ4n) is 3.28. The van der Waals surface area contributed by atoms with Gasteiger partial charge in [-0.25, -0.2) is 9.37 Å². The lowest BCUT2D eigenvalue weighted by molar-refractivity contribution is -0.113. The van der Waals surface area contributed by atoms with E-state index in [-0.39, 0.29) is 33.2 Å². The zero-order valence-electron chi connectivity index (χ0n) is 17.3. The Morgan fingerprint density at radius 2 is 1.82 bits per heavy atom. The number of thioether (sulfide) groups is 1. The van der Waals surface area contributed by atoms with Gasteiger partial charge in [-0.15, -0.1) is 0 Å². The summed E-state index contributed by atoms with van der Waals surface area (Å²) in [7, 11) is 0. The normalized spacial score (nSPS) is 10.9. The second kappa shape index (κ2) is 9.56. The van der Waals surface area contributed by atoms with Crippen molar-refractivity contribution in [2.45, 2.75) is 12.1 Å². The summed E-state index contributed by atoms with van der Waals surface area (Å²) in [5.74, 6) is -1.23. The number of halogens is 2. The van der Waals surface area contributed by atoms with Crippen LogP contribution < -0.4 is 10.9 Å². The van der Waals surface area contributed by atoms with Crippen LogP contribution in [0.1, 0.15) is 17.3 Å². The molecule has 1 aromatic heterocycles. The minimum absolute atomic E-state index is 0.0774. The van der Waals surface area contributed by atoms with Crippen molar-refractivity contribution in [3.05, 3.63) is 93.5 Å². The van der Waals surface area contributed by atoms with E-state index in [2.05, 4.69) is 10.3 Å². The van der Waals surface area contributed by atoms with Crippen LogP contribution in [0.3, 0.4) is 0 Å². The first-order chi connectivity index (χ1) is 15.8. The summed E-state index contributed by atoms with van der Waals surface area (Å²) in [5, 5.41) is 3.21. The fraction of sp³-hybridized carbons (Fsp3) is 0.0833. The number of hydrogen-bond acceptors (Lipinski definition) is 5. The van der Waals surface area contributed by atoms with Crippen molar-refractivity contribution in [3.63, 3.8) is 0 Å². The maximum absolute atomic E-state index is 13.7. The standard InChI is InChI=1S/C24H17ClFN3O3S/c1-14(30)16-6-2-4-8-20(16)27-22(31)13-33-24-28-21-9-5-3-7-17(21)23(32)29(24)15-10-11-19(26)18(25)12-15/h2-12H,13H2,1H3,(H,27,31). The molecule has 1 N–H and O–H groups in total. The number of Topliss-reactive ketones (excluding diaryl/α,β-unsaturated/α-hetero) is 1. The highest BCUT2D eigenvalue weighted by atomic mass is 35.5. The molecule has 0 spiro atoms. The number of fused-ring (bicyclic) bond motifs is 1. The van der Waals surface area contributed by atoms with Crippen LogP contribution in [0.15, 0.2) is 76.7 Å². The number of rotatable bonds is 6. The van der Waals surface area contributed by atoms with Crippen LogP contribution in [0, 0.1) is 5.82 Å². The van der Waals surface area contributed by atoms with Gasteiger partial charge in [-0.05, 0) is 49.4 Å². The van der Waals surface area contributed by atoms with Crippen LogP contribution in [0.2, 0.25) is 5.02 Å². The van der Waals surface area contributed by atoms with Crippen LogP contribution in [0.25, 0.3) is 16.6 Å². The molecule has 3 aromatic carbocycles. The number of ketones is 1. The summed E-state index contributed by atoms with van der Waals surface area (Å²) in [6.07, 6.45) is 0. The SMILES string of the molecule is CC(=O)c1ccccc1NC(=O)CSc1nc2ccccc2c(=O)n1-c1ccc(F)c(Cl)c1. The van der Waals surface area contributed by atoms with Gasteiger partial charge < -0.3 is 5.32 Å². The molecule has 0 aliphatic heterocycles. The summed E-state index contributed by atoms with van der Waals surface area (Å²) in [5.41, 5.74) is 1.24. The number of nitrogens with one attached hydrogen (secondary N) is 1. The average molecular weight is 482 g/mol. The van der Waals surface area contributed by atoms with Gasteiger partial charge in [0.2, 0.25) is 5.91 Å². The van der Waals surface area contributed by atoms with Gasteiger partial charge in [0.1, 0.15) is 5.82 Å². The highest BCUT2D eigenvalue weighted by Crippen LogP contribution is 2.25. The molecule has 0 fully saturated rings. The molecule has 1 amide bonds. The Balaban J connectivity index is 1.69. The Hall–Kier alpha value is -3.49. The van der Waals surface area contributed by atoms with Crippen molar-refractivity contribution in [1.82, 2.24) is 9.55 Å². The van der Waals surface area contributed by atoms with Crippen LogP contribution in [0.4, 0.5) is 10.1 Å². The van der Waals surface area contributed by atoms with E-state index in [1.165, 1.54) is 29.7 Å². The molecule has 0 saturated heterocycles. The van der Waals surface area contributed by atoms with Crippen molar-refractivity contribution in [3.8, 4) is 5.69 Å². The Morgan fingerprint density at radius 3 is 2.58 bits per heavy atom. The molecule has 0 aliphatic rings. The molecule has 0 atom stereocenters. The third-order valence-corrected chi connectivity index (χ3v) is 6.05. The summed E-state index contributed by atoms with van der Waals surface area (Å²) in [4.78, 5) is 42.2. The first-order valence-corrected chi connectivity index (χ1v) is 11.2. The van der Waals surface area contributed by atoms with Crippen molar-refractivity contribution >= 4 is 51.6 Å². The van der Waals surface area contributed by atoms with Gasteiger partial charge in [0.15, 0.2) is 10.9 Å². The Bertz CT molecular complexity index is 1450. The molecule has 4 rings (SSSR count). The van der Waals surface area contributed by atoms with Gasteiger partial charge in [0, 0.05) is 5.56 Å². The molecule has 0 radical (unpaired) electrons. The molecule has 0 aliphatic carbocycles. The molecular formula is C24H17ClFN3O3S. The number of anilines is 1. The maximum atomic E-state index is 13.7. The molecule has 0 saturated carbocycles. The first kappa shape index (κ1) is 22.7. The van der Waals surface area contributed by atoms with Gasteiger partial charge in [0.25, 0.3) is 5.56 Å². The predicted octanol–water partition coefficient (Wildman–Crippen LogP) is 5.11. The van der Waals surface area contributed by atoms with E-state index in [1.807, 2.05) is 0 Å². The van der Waals surface area contributed by atoms with Gasteiger partial charge in [-0.1, -0.05) is 47.6 Å². The van der Waals surface area contributed by atoms with Gasteiger partial charge in [-0.2, -0.15) is 0 Å². The number of amides is 1. The number of aromatic nitrogens is 2. The number of carbonyl (C=O) groups excluding carboxylic acids is 2. The molecule has 6 nitrogen and oxygen atoms in total. The predicted molar refractivity (Wildman–Crippen MR) is 128 cm³/mol. The number of benzene rings is 3. The highest BCUT2D eigenvalue weighted by Gasteiger charge is 2.17. The summed E-state index contributed by atoms with van der Waals surface area (Å²) in [6.45, 7) is 1.42. The van der Waals surface area contributed by atoms with Gasteiger partial charge in [0.05, 0.1) is 33.1 Å². The zero-order chi connectivity index (χ0) is 23.5. The van der Waals surface area contributed by atoms with E-state index in [4.69, 9.17) is 11.6 Å². The van der Waals surface area contributed by atoms with Gasteiger partial charge in [-0.3, -0.25) is 19.0 Å². The average Bonchev–Trinajstić information content (AvgIpc) is 2.80. The third kappa shape index (κ3) is 4.81. The summed E-state index contributed by atoms with van der Waals surface area (Å²) >= 11 is 6.98. The highest BCUT2D eigenvalue weighted by molar-refractivity contribution is 7.99. The third-order valence-electron chi connectivity index (χ3n) is 4.82. The van der Waals surface area contributed by atoms with Crippen LogP contribution in [-0.2, 0) is 4.79 Å². The molecule has 4 aromatic rings. The Labute approximate surface area is 197 Å². The molecule has 33 heavy (non-hydrogen) atoms. The molecule has 1 heterocycles. The summed E-state index contributed by atoms with van der Waals surface area (Å²) < 4.78 is 15.0. The topological polar surface area (TPSA) is 81.1 Å². The lowest BCUT2D eigenvalue weighted by atomic mass is 10.1. The zero-order valence-corrected chi connectivity index (χ0v) is 18.9. The van der Waals surface area contributed by atoms with Crippen molar-refractivity contribution < 1.29 is 14.0 Å². The molecule has 166 valence electrons. The van der Waals surface area contributed by atoms with E-state index in [0.717, 1.165) is 11.8 Å². The molecule has 0 unspecified atom stereocenters. The van der Waals surface area contributed by atoms with E-state index < -0.39 is 5.82 Å². The van der Waals surface area contributed by atoms with E-state index in [1.54, 1.807) is 48.5 Å². The van der Waals surface area contributed by atoms with Crippen LogP contribution >= 0.6 is 23.4 Å². The van der Waals surface area contributed by atoms with E-state index in [0.29, 0.717) is 27.8 Å². The second-order valence-electron chi connectivity index (χ2n) is 7.09. The fourth-order valence-corrected chi connectivity index (χ4v) is 4.26. The molecule has 9 heteroatoms. The largest absolute Gasteiger partial charge is 0.325 e. The Kier molecular flexibility index (Phi) is 6.57. The lowest BCUT2D eigenvalue weighted by Gasteiger charge is -2.14. The maximum Gasteiger partial charge on any atom is 0.266 e. The number of carbonyl (C=O) groups is 2. The quantitative estimate of drug-likeness (QED) is 0.235. The van der Waals surface area contributed by atoms with E-state index >= 15 is 0 Å². The van der Waals surface area contributed by atoms with Crippen LogP contribution in [0.5, 0.6) is 0 Å². The number of hydrogen-bond donors (Lipinski definition) is 1. The summed E-state index contributed by atoms with van der Waals surface area (Å²) in [6, 6.07) is 17.5. The van der Waals surface area contributed by atoms with E-state index in [9.17, 15) is 18.8 Å². The Morgan fingerprint density at radius 1 is 1.09 bits per heavy atom. The first-order valence-electron chi connectivity index (χ1n) is 9.85.